The third-order valence-corrected chi connectivity index (χ3v) is 6.30. The molecule has 0 N–H and O–H groups in total. The maximum Gasteiger partial charge on any atom is 0.0637 e. The fraction of sp³-hybridized carbons (Fsp3) is 1.00. The smallest absolute Gasteiger partial charge is 0.0637 e. The fourth-order valence-electron chi connectivity index (χ4n) is 0.718. The first-order chi connectivity index (χ1) is 5.38. The van der Waals surface area contributed by atoms with Crippen LogP contribution in [-0.4, -0.2) is 32.2 Å². The molecule has 0 spiro atoms. The van der Waals surface area contributed by atoms with Crippen LogP contribution in [0.3, 0.4) is 0 Å². The fourth-order valence-corrected chi connectivity index (χ4v) is 5.45. The summed E-state index contributed by atoms with van der Waals surface area (Å²) in [7, 11) is 0. The summed E-state index contributed by atoms with van der Waals surface area (Å²) in [6, 6.07) is 0. The summed E-state index contributed by atoms with van der Waals surface area (Å²) in [4.78, 5) is 0. The second-order valence-corrected chi connectivity index (χ2v) is 7.27. The van der Waals surface area contributed by atoms with Gasteiger partial charge < -0.3 is 0 Å². The van der Waals surface area contributed by atoms with Crippen molar-refractivity contribution in [3.8, 4) is 0 Å². The Morgan fingerprint density at radius 1 is 1.45 bits per heavy atom. The van der Waals surface area contributed by atoms with Crippen molar-refractivity contribution in [2.24, 2.45) is 0 Å². The Morgan fingerprint density at radius 2 is 2.18 bits per heavy atom. The van der Waals surface area contributed by atoms with Crippen molar-refractivity contribution >= 4 is 60.5 Å². The van der Waals surface area contributed by atoms with Crippen LogP contribution in [0, 0.1) is 0 Å². The van der Waals surface area contributed by atoms with E-state index in [0.29, 0.717) is 0 Å². The quantitative estimate of drug-likeness (QED) is 0.419. The second kappa shape index (κ2) is 6.24. The minimum atomic E-state index is 0.768. The SMILES string of the molecule is SCCSC(SCS)C1CS1. The predicted molar refractivity (Wildman–Crippen MR) is 67.8 cm³/mol. The van der Waals surface area contributed by atoms with Crippen LogP contribution in [0.25, 0.3) is 0 Å². The molecule has 0 radical (unpaired) electrons. The van der Waals surface area contributed by atoms with Crippen LogP contribution < -0.4 is 0 Å². The van der Waals surface area contributed by atoms with Gasteiger partial charge in [-0.25, -0.2) is 0 Å². The summed E-state index contributed by atoms with van der Waals surface area (Å²) in [6.45, 7) is 0. The van der Waals surface area contributed by atoms with Gasteiger partial charge in [0.1, 0.15) is 0 Å². The van der Waals surface area contributed by atoms with Crippen LogP contribution in [0.5, 0.6) is 0 Å². The average Bonchev–Trinajstić information content (AvgIpc) is 2.80. The summed E-state index contributed by atoms with van der Waals surface area (Å²) in [5.41, 5.74) is 0. The van der Waals surface area contributed by atoms with E-state index >= 15 is 0 Å². The molecule has 2 unspecified atom stereocenters. The molecule has 0 aromatic heterocycles. The summed E-state index contributed by atoms with van der Waals surface area (Å²) in [5, 5.41) is 1.85. The maximum atomic E-state index is 4.23. The van der Waals surface area contributed by atoms with Gasteiger partial charge >= 0.3 is 0 Å². The van der Waals surface area contributed by atoms with Crippen molar-refractivity contribution in [1.29, 1.82) is 0 Å². The van der Waals surface area contributed by atoms with Gasteiger partial charge in [0.05, 0.1) is 4.58 Å². The van der Waals surface area contributed by atoms with E-state index in [-0.39, 0.29) is 0 Å². The van der Waals surface area contributed by atoms with Crippen molar-refractivity contribution in [3.63, 3.8) is 0 Å². The molecule has 2 atom stereocenters. The molecule has 0 saturated carbocycles. The molecule has 1 saturated heterocycles. The number of rotatable bonds is 6. The standard InChI is InChI=1S/C6H12S5/c7-1-2-9-6(11-4-8)5-3-10-5/h5-8H,1-4H2. The van der Waals surface area contributed by atoms with E-state index in [1.54, 1.807) is 0 Å². The zero-order chi connectivity index (χ0) is 8.10. The first-order valence-electron chi connectivity index (χ1n) is 3.45. The van der Waals surface area contributed by atoms with Crippen LogP contribution >= 0.6 is 60.5 Å². The Bertz CT molecular complexity index is 103. The average molecular weight is 244 g/mol. The van der Waals surface area contributed by atoms with E-state index in [2.05, 4.69) is 37.0 Å². The lowest BCUT2D eigenvalue weighted by Crippen LogP contribution is -2.06. The van der Waals surface area contributed by atoms with E-state index < -0.39 is 0 Å². The lowest BCUT2D eigenvalue weighted by atomic mass is 10.6. The number of hydrogen-bond acceptors (Lipinski definition) is 5. The van der Waals surface area contributed by atoms with Gasteiger partial charge in [-0.05, 0) is 5.75 Å². The Labute approximate surface area is 92.2 Å². The highest BCUT2D eigenvalue weighted by Crippen LogP contribution is 2.44. The molecule has 66 valence electrons. The van der Waals surface area contributed by atoms with Gasteiger partial charge in [-0.2, -0.15) is 37.0 Å². The van der Waals surface area contributed by atoms with Gasteiger partial charge in [0, 0.05) is 21.8 Å². The van der Waals surface area contributed by atoms with Crippen molar-refractivity contribution in [2.75, 3.05) is 22.3 Å². The van der Waals surface area contributed by atoms with Crippen molar-refractivity contribution in [1.82, 2.24) is 0 Å². The third-order valence-electron chi connectivity index (χ3n) is 1.27. The first-order valence-corrected chi connectivity index (χ1v) is 7.86. The van der Waals surface area contributed by atoms with Gasteiger partial charge in [-0.15, -0.1) is 23.5 Å². The Hall–Kier alpha value is 1.75. The Kier molecular flexibility index (Phi) is 6.14. The number of thioether (sulfide) groups is 3. The molecular formula is C6H12S5. The lowest BCUT2D eigenvalue weighted by Gasteiger charge is -2.11. The molecule has 5 heteroatoms. The normalized spacial score (nSPS) is 25.1. The maximum absolute atomic E-state index is 4.23. The first kappa shape index (κ1) is 10.8. The van der Waals surface area contributed by atoms with Crippen molar-refractivity contribution in [3.05, 3.63) is 0 Å². The minimum Gasteiger partial charge on any atom is -0.179 e. The molecule has 1 aliphatic heterocycles. The summed E-state index contributed by atoms with van der Waals surface area (Å²) >= 11 is 14.5. The van der Waals surface area contributed by atoms with Crippen molar-refractivity contribution < 1.29 is 0 Å². The van der Waals surface area contributed by atoms with E-state index in [4.69, 9.17) is 0 Å². The lowest BCUT2D eigenvalue weighted by molar-refractivity contribution is 1.20. The van der Waals surface area contributed by atoms with Gasteiger partial charge in [-0.1, -0.05) is 0 Å². The molecule has 0 nitrogen and oxygen atoms in total. The highest BCUT2D eigenvalue weighted by Gasteiger charge is 2.32. The van der Waals surface area contributed by atoms with Crippen LogP contribution in [-0.2, 0) is 0 Å². The van der Waals surface area contributed by atoms with E-state index in [9.17, 15) is 0 Å². The Morgan fingerprint density at radius 3 is 2.64 bits per heavy atom. The molecule has 11 heavy (non-hydrogen) atoms. The van der Waals surface area contributed by atoms with Gasteiger partial charge in [0.15, 0.2) is 0 Å². The van der Waals surface area contributed by atoms with Crippen LogP contribution in [0.1, 0.15) is 0 Å². The topological polar surface area (TPSA) is 0 Å². The molecule has 0 aliphatic carbocycles. The summed E-state index contributed by atoms with van der Waals surface area (Å²) in [5.74, 6) is 3.52. The molecular weight excluding hydrogens is 232 g/mol. The van der Waals surface area contributed by atoms with Gasteiger partial charge in [-0.3, -0.25) is 0 Å². The minimum absolute atomic E-state index is 0.768. The second-order valence-electron chi connectivity index (χ2n) is 2.13. The monoisotopic (exact) mass is 244 g/mol. The number of hydrogen-bond donors (Lipinski definition) is 2. The highest BCUT2D eigenvalue weighted by atomic mass is 32.2. The third kappa shape index (κ3) is 4.50. The molecule has 0 bridgehead atoms. The summed E-state index contributed by atoms with van der Waals surface area (Å²) in [6.07, 6.45) is 0. The zero-order valence-electron chi connectivity index (χ0n) is 6.10. The zero-order valence-corrected chi connectivity index (χ0v) is 10.3. The van der Waals surface area contributed by atoms with Crippen LogP contribution in [0.4, 0.5) is 0 Å². The molecule has 1 heterocycles. The van der Waals surface area contributed by atoms with E-state index in [1.165, 1.54) is 11.5 Å². The summed E-state index contributed by atoms with van der Waals surface area (Å²) < 4.78 is 0.768. The largest absolute Gasteiger partial charge is 0.179 e. The highest BCUT2D eigenvalue weighted by molar-refractivity contribution is 8.22. The molecule has 0 aromatic carbocycles. The van der Waals surface area contributed by atoms with Gasteiger partial charge in [0.2, 0.25) is 0 Å². The van der Waals surface area contributed by atoms with Crippen LogP contribution in [0.15, 0.2) is 0 Å². The molecule has 0 amide bonds. The van der Waals surface area contributed by atoms with E-state index in [0.717, 1.165) is 20.7 Å². The van der Waals surface area contributed by atoms with Crippen LogP contribution in [0.2, 0.25) is 0 Å². The van der Waals surface area contributed by atoms with Gasteiger partial charge in [0.25, 0.3) is 0 Å². The molecule has 1 rings (SSSR count). The Balaban J connectivity index is 2.10. The molecule has 1 fully saturated rings. The van der Waals surface area contributed by atoms with E-state index in [1.807, 2.05) is 23.5 Å². The predicted octanol–water partition coefficient (Wildman–Crippen LogP) is 2.71. The molecule has 0 aromatic rings. The van der Waals surface area contributed by atoms with Crippen molar-refractivity contribution in [2.45, 2.75) is 9.83 Å². The number of thiol groups is 2. The molecule has 1 aliphatic rings.